The van der Waals surface area contributed by atoms with E-state index >= 15 is 0 Å². The standard InChI is InChI=1S/C15H25NO3.C11H19NO2S/c1-2-15(18)19-13-9-4-3-7-11-16-12-8-5-6-10-14(16)17;13-10-14-9-4-2-1-3-7-12-8-5-6-11(12)15/h2H,1,3-13H2;10H,1-9H2. The Balaban J connectivity index is 0.000000350. The molecule has 2 aliphatic rings. The summed E-state index contributed by atoms with van der Waals surface area (Å²) in [6.45, 7) is 8.94. The largest absolute Gasteiger partial charge is 0.468 e. The highest BCUT2D eigenvalue weighted by Gasteiger charge is 2.16. The predicted molar refractivity (Wildman–Crippen MR) is 139 cm³/mol. The Kier molecular flexibility index (Phi) is 18.1. The van der Waals surface area contributed by atoms with E-state index in [0.717, 1.165) is 95.4 Å². The van der Waals surface area contributed by atoms with E-state index < -0.39 is 0 Å². The van der Waals surface area contributed by atoms with Crippen molar-refractivity contribution in [2.75, 3.05) is 39.4 Å². The first-order valence-electron chi connectivity index (χ1n) is 13.0. The summed E-state index contributed by atoms with van der Waals surface area (Å²) in [5, 5.41) is 0. The van der Waals surface area contributed by atoms with E-state index in [9.17, 15) is 14.4 Å². The molecule has 7 nitrogen and oxygen atoms in total. The smallest absolute Gasteiger partial charge is 0.330 e. The third-order valence-electron chi connectivity index (χ3n) is 6.08. The van der Waals surface area contributed by atoms with Crippen LogP contribution in [0.4, 0.5) is 0 Å². The molecule has 0 saturated carbocycles. The highest BCUT2D eigenvalue weighted by molar-refractivity contribution is 7.80. The number of unbranched alkanes of at least 4 members (excludes halogenated alkanes) is 6. The molecular weight excluding hydrogens is 452 g/mol. The third kappa shape index (κ3) is 15.0. The Labute approximate surface area is 211 Å². The zero-order valence-corrected chi connectivity index (χ0v) is 21.7. The third-order valence-corrected chi connectivity index (χ3v) is 6.55. The summed E-state index contributed by atoms with van der Waals surface area (Å²) in [6.07, 6.45) is 16.1. The van der Waals surface area contributed by atoms with Gasteiger partial charge in [-0.05, 0) is 64.2 Å². The van der Waals surface area contributed by atoms with Crippen molar-refractivity contribution in [3.63, 3.8) is 0 Å². The Bertz CT molecular complexity index is 614. The number of rotatable bonds is 16. The highest BCUT2D eigenvalue weighted by atomic mass is 32.1. The molecule has 0 atom stereocenters. The van der Waals surface area contributed by atoms with E-state index in [1.807, 2.05) is 4.90 Å². The fourth-order valence-corrected chi connectivity index (χ4v) is 4.42. The predicted octanol–water partition coefficient (Wildman–Crippen LogP) is 4.82. The van der Waals surface area contributed by atoms with Crippen molar-refractivity contribution in [1.29, 1.82) is 0 Å². The van der Waals surface area contributed by atoms with Crippen LogP contribution in [0.1, 0.15) is 89.9 Å². The quantitative estimate of drug-likeness (QED) is 0.0997. The summed E-state index contributed by atoms with van der Waals surface area (Å²) < 4.78 is 9.52. The molecule has 2 saturated heterocycles. The van der Waals surface area contributed by atoms with Crippen LogP contribution in [0.25, 0.3) is 0 Å². The van der Waals surface area contributed by atoms with Gasteiger partial charge in [-0.1, -0.05) is 38.1 Å². The normalized spacial score (nSPS) is 15.9. The summed E-state index contributed by atoms with van der Waals surface area (Å²) in [6, 6.07) is 0. The molecular formula is C26H44N2O5S. The molecule has 2 fully saturated rings. The first-order chi connectivity index (χ1) is 16.6. The topological polar surface area (TPSA) is 76.1 Å². The Hall–Kier alpha value is -1.96. The molecule has 2 rings (SSSR count). The van der Waals surface area contributed by atoms with Crippen LogP contribution in [0.5, 0.6) is 0 Å². The Morgan fingerprint density at radius 2 is 1.50 bits per heavy atom. The minimum Gasteiger partial charge on any atom is -0.468 e. The number of hydrogen-bond donors (Lipinski definition) is 0. The van der Waals surface area contributed by atoms with Gasteiger partial charge in [-0.3, -0.25) is 9.59 Å². The fourth-order valence-electron chi connectivity index (χ4n) is 4.10. The van der Waals surface area contributed by atoms with Crippen LogP contribution in [0.2, 0.25) is 0 Å². The minimum absolute atomic E-state index is 0.317. The van der Waals surface area contributed by atoms with Gasteiger partial charge in [-0.15, -0.1) is 0 Å². The maximum Gasteiger partial charge on any atom is 0.330 e. The van der Waals surface area contributed by atoms with Crippen molar-refractivity contribution in [1.82, 2.24) is 9.80 Å². The van der Waals surface area contributed by atoms with Crippen molar-refractivity contribution < 1.29 is 23.9 Å². The number of ether oxygens (including phenoxy) is 2. The lowest BCUT2D eigenvalue weighted by molar-refractivity contribution is -0.138. The molecule has 1 amide bonds. The molecule has 194 valence electrons. The van der Waals surface area contributed by atoms with Gasteiger partial charge in [-0.25, -0.2) is 4.79 Å². The van der Waals surface area contributed by atoms with Crippen molar-refractivity contribution in [3.05, 3.63) is 12.7 Å². The molecule has 2 aliphatic heterocycles. The number of carbonyl (C=O) groups excluding carboxylic acids is 3. The number of amides is 1. The molecule has 0 radical (unpaired) electrons. The van der Waals surface area contributed by atoms with Gasteiger partial charge in [0, 0.05) is 38.7 Å². The molecule has 0 aromatic heterocycles. The second kappa shape index (κ2) is 20.4. The molecule has 0 unspecified atom stereocenters. The summed E-state index contributed by atoms with van der Waals surface area (Å²) in [7, 11) is 0. The van der Waals surface area contributed by atoms with E-state index in [4.69, 9.17) is 17.0 Å². The van der Waals surface area contributed by atoms with E-state index in [1.165, 1.54) is 31.8 Å². The van der Waals surface area contributed by atoms with Crippen molar-refractivity contribution in [3.8, 4) is 0 Å². The molecule has 0 aromatic rings. The second-order valence-electron chi connectivity index (χ2n) is 8.84. The number of likely N-dealkylation sites (tertiary alicyclic amines) is 2. The Morgan fingerprint density at radius 3 is 2.15 bits per heavy atom. The van der Waals surface area contributed by atoms with Crippen molar-refractivity contribution in [2.45, 2.75) is 89.9 Å². The van der Waals surface area contributed by atoms with Gasteiger partial charge in [0.25, 0.3) is 6.47 Å². The highest BCUT2D eigenvalue weighted by Crippen LogP contribution is 2.14. The van der Waals surface area contributed by atoms with E-state index in [2.05, 4.69) is 16.2 Å². The molecule has 0 bridgehead atoms. The van der Waals surface area contributed by atoms with Crippen LogP contribution in [0.15, 0.2) is 12.7 Å². The molecule has 0 aromatic carbocycles. The van der Waals surface area contributed by atoms with Gasteiger partial charge in [0.2, 0.25) is 5.91 Å². The molecule has 34 heavy (non-hydrogen) atoms. The summed E-state index contributed by atoms with van der Waals surface area (Å²) in [5.74, 6) is -0.0347. The monoisotopic (exact) mass is 496 g/mol. The molecule has 0 spiro atoms. The number of esters is 1. The summed E-state index contributed by atoms with van der Waals surface area (Å²) in [4.78, 5) is 37.9. The zero-order chi connectivity index (χ0) is 24.9. The van der Waals surface area contributed by atoms with E-state index in [0.29, 0.717) is 25.6 Å². The number of nitrogens with zero attached hydrogens (tertiary/aromatic N) is 2. The second-order valence-corrected chi connectivity index (χ2v) is 9.31. The summed E-state index contributed by atoms with van der Waals surface area (Å²) >= 11 is 5.24. The van der Waals surface area contributed by atoms with Crippen molar-refractivity contribution >= 4 is 35.6 Å². The maximum atomic E-state index is 11.7. The van der Waals surface area contributed by atoms with Gasteiger partial charge in [0.05, 0.1) is 18.2 Å². The molecule has 8 heteroatoms. The van der Waals surface area contributed by atoms with Crippen LogP contribution in [-0.4, -0.2) is 72.5 Å². The van der Waals surface area contributed by atoms with E-state index in [1.54, 1.807) is 0 Å². The van der Waals surface area contributed by atoms with Crippen molar-refractivity contribution in [2.24, 2.45) is 0 Å². The van der Waals surface area contributed by atoms with Crippen LogP contribution in [0.3, 0.4) is 0 Å². The van der Waals surface area contributed by atoms with Crippen LogP contribution >= 0.6 is 12.2 Å². The number of hydrogen-bond acceptors (Lipinski definition) is 6. The number of thiocarbonyl (C=S) groups is 1. The fraction of sp³-hybridized carbons (Fsp3) is 0.769. The SMILES string of the molecule is C=CC(=O)OCCCCCCN1CCCCCC1=O.O=COCCCCCCN1CCCC1=S. The van der Waals surface area contributed by atoms with Gasteiger partial charge < -0.3 is 19.3 Å². The first kappa shape index (κ1) is 30.1. The van der Waals surface area contributed by atoms with Crippen LogP contribution in [-0.2, 0) is 23.9 Å². The van der Waals surface area contributed by atoms with Crippen LogP contribution < -0.4 is 0 Å². The van der Waals surface area contributed by atoms with Gasteiger partial charge in [-0.2, -0.15) is 0 Å². The minimum atomic E-state index is -0.352. The zero-order valence-electron chi connectivity index (χ0n) is 20.8. The van der Waals surface area contributed by atoms with Crippen LogP contribution in [0, 0.1) is 0 Å². The lowest BCUT2D eigenvalue weighted by atomic mass is 10.2. The first-order valence-corrected chi connectivity index (χ1v) is 13.4. The van der Waals surface area contributed by atoms with Gasteiger partial charge >= 0.3 is 5.97 Å². The Morgan fingerprint density at radius 1 is 0.853 bits per heavy atom. The van der Waals surface area contributed by atoms with Gasteiger partial charge in [0.15, 0.2) is 0 Å². The summed E-state index contributed by atoms with van der Waals surface area (Å²) in [5.41, 5.74) is 0. The maximum absolute atomic E-state index is 11.7. The lowest BCUT2D eigenvalue weighted by Crippen LogP contribution is -2.31. The lowest BCUT2D eigenvalue weighted by Gasteiger charge is -2.20. The van der Waals surface area contributed by atoms with Gasteiger partial charge in [0.1, 0.15) is 0 Å². The van der Waals surface area contributed by atoms with E-state index in [-0.39, 0.29) is 5.97 Å². The molecule has 2 heterocycles. The average Bonchev–Trinajstić information content (AvgIpc) is 3.14. The number of carbonyl (C=O) groups is 3. The average molecular weight is 497 g/mol. The molecule has 0 N–H and O–H groups in total. The molecule has 0 aliphatic carbocycles.